The molecule has 5 nitrogen and oxygen atoms in total. The van der Waals surface area contributed by atoms with Gasteiger partial charge < -0.3 is 14.4 Å². The van der Waals surface area contributed by atoms with Gasteiger partial charge in [0.25, 0.3) is 0 Å². The summed E-state index contributed by atoms with van der Waals surface area (Å²) in [6.07, 6.45) is 2.79. The number of benzene rings is 2. The third-order valence-electron chi connectivity index (χ3n) is 4.84. The summed E-state index contributed by atoms with van der Waals surface area (Å²) in [7, 11) is 0. The van der Waals surface area contributed by atoms with Gasteiger partial charge in [0.2, 0.25) is 5.43 Å². The number of fused-ring (bicyclic) bond motifs is 1. The van der Waals surface area contributed by atoms with Crippen molar-refractivity contribution in [3.8, 4) is 0 Å². The van der Waals surface area contributed by atoms with Crippen molar-refractivity contribution >= 4 is 16.9 Å². The van der Waals surface area contributed by atoms with Crippen LogP contribution in [0, 0.1) is 11.6 Å². The van der Waals surface area contributed by atoms with Crippen molar-refractivity contribution in [3.05, 3.63) is 81.1 Å². The fraction of sp³-hybridized carbons (Fsp3) is 0.238. The molecule has 7 heteroatoms. The summed E-state index contributed by atoms with van der Waals surface area (Å²) in [5.41, 5.74) is -0.528. The van der Waals surface area contributed by atoms with Gasteiger partial charge in [-0.25, -0.2) is 13.6 Å². The lowest BCUT2D eigenvalue weighted by Crippen LogP contribution is -2.21. The van der Waals surface area contributed by atoms with E-state index < -0.39 is 28.6 Å². The Kier molecular flexibility index (Phi) is 4.68. The first kappa shape index (κ1) is 18.3. The average molecular weight is 385 g/mol. The monoisotopic (exact) mass is 385 g/mol. The van der Waals surface area contributed by atoms with Gasteiger partial charge in [-0.05, 0) is 18.4 Å². The smallest absolute Gasteiger partial charge is 0.341 e. The van der Waals surface area contributed by atoms with Crippen LogP contribution in [0.3, 0.4) is 0 Å². The number of carbonyl (C=O) groups is 1. The van der Waals surface area contributed by atoms with Gasteiger partial charge in [0.05, 0.1) is 24.1 Å². The highest BCUT2D eigenvalue weighted by Crippen LogP contribution is 2.38. The molecular weight excluding hydrogens is 368 g/mol. The van der Waals surface area contributed by atoms with Crippen molar-refractivity contribution in [1.29, 1.82) is 0 Å². The molecule has 2 aromatic carbocycles. The first-order valence-corrected chi connectivity index (χ1v) is 8.88. The second kappa shape index (κ2) is 7.16. The lowest BCUT2D eigenvalue weighted by molar-refractivity contribution is 0.0694. The summed E-state index contributed by atoms with van der Waals surface area (Å²) >= 11 is 0. The average Bonchev–Trinajstić information content (AvgIpc) is 3.51. The molecule has 0 radical (unpaired) electrons. The molecule has 0 unspecified atom stereocenters. The molecule has 1 saturated carbocycles. The predicted octanol–water partition coefficient (Wildman–Crippen LogP) is 4.03. The Morgan fingerprint density at radius 3 is 2.54 bits per heavy atom. The number of rotatable bonds is 6. The number of carboxylic acid groups (broad SMARTS) is 1. The van der Waals surface area contributed by atoms with E-state index in [1.807, 2.05) is 30.3 Å². The van der Waals surface area contributed by atoms with E-state index in [1.165, 1.54) is 6.20 Å². The van der Waals surface area contributed by atoms with Crippen molar-refractivity contribution < 1.29 is 23.4 Å². The molecule has 3 aromatic rings. The van der Waals surface area contributed by atoms with Crippen molar-refractivity contribution in [1.82, 2.24) is 4.57 Å². The van der Waals surface area contributed by atoms with Gasteiger partial charge in [0.1, 0.15) is 5.56 Å². The number of ether oxygens (including phenoxy) is 1. The van der Waals surface area contributed by atoms with Gasteiger partial charge in [-0.2, -0.15) is 0 Å². The Labute approximate surface area is 158 Å². The van der Waals surface area contributed by atoms with Crippen molar-refractivity contribution in [2.75, 3.05) is 0 Å². The Morgan fingerprint density at radius 1 is 1.18 bits per heavy atom. The molecule has 1 aliphatic carbocycles. The summed E-state index contributed by atoms with van der Waals surface area (Å²) in [5.74, 6) is -3.69. The summed E-state index contributed by atoms with van der Waals surface area (Å²) < 4.78 is 35.9. The maximum Gasteiger partial charge on any atom is 0.341 e. The topological polar surface area (TPSA) is 68.5 Å². The SMILES string of the molecule is O=C(O)c1cn(C2CC2)c2cc(F)c(F)c(COCc3ccccc3)c2c1=O. The summed E-state index contributed by atoms with van der Waals surface area (Å²) in [6.45, 7) is -0.203. The maximum absolute atomic E-state index is 14.6. The highest BCUT2D eigenvalue weighted by atomic mass is 19.2. The van der Waals surface area contributed by atoms with Gasteiger partial charge in [0.15, 0.2) is 11.6 Å². The highest BCUT2D eigenvalue weighted by Gasteiger charge is 2.29. The van der Waals surface area contributed by atoms with E-state index in [0.29, 0.717) is 0 Å². The van der Waals surface area contributed by atoms with E-state index >= 15 is 0 Å². The fourth-order valence-electron chi connectivity index (χ4n) is 3.31. The van der Waals surface area contributed by atoms with Crippen LogP contribution in [-0.2, 0) is 18.0 Å². The van der Waals surface area contributed by atoms with Crippen molar-refractivity contribution in [3.63, 3.8) is 0 Å². The summed E-state index contributed by atoms with van der Waals surface area (Å²) in [6, 6.07) is 10.1. The van der Waals surface area contributed by atoms with Gasteiger partial charge in [0, 0.05) is 23.9 Å². The minimum atomic E-state index is -1.40. The zero-order valence-corrected chi connectivity index (χ0v) is 14.8. The molecule has 0 aliphatic heterocycles. The summed E-state index contributed by atoms with van der Waals surface area (Å²) in [4.78, 5) is 24.3. The number of halogens is 2. The third kappa shape index (κ3) is 3.29. The Morgan fingerprint density at radius 2 is 1.89 bits per heavy atom. The van der Waals surface area contributed by atoms with Crippen LogP contribution in [-0.4, -0.2) is 15.6 Å². The number of hydrogen-bond donors (Lipinski definition) is 1. The Bertz CT molecular complexity index is 1120. The molecule has 1 N–H and O–H groups in total. The maximum atomic E-state index is 14.6. The van der Waals surface area contributed by atoms with Crippen molar-refractivity contribution in [2.45, 2.75) is 32.1 Å². The van der Waals surface area contributed by atoms with Crippen LogP contribution in [0.15, 0.2) is 47.4 Å². The molecule has 0 spiro atoms. The first-order valence-electron chi connectivity index (χ1n) is 8.88. The molecule has 1 aliphatic rings. The molecule has 1 fully saturated rings. The Balaban J connectivity index is 1.83. The summed E-state index contributed by atoms with van der Waals surface area (Å²) in [5, 5.41) is 9.24. The number of carboxylic acids is 1. The van der Waals surface area contributed by atoms with Crippen LogP contribution in [0.4, 0.5) is 8.78 Å². The lowest BCUT2D eigenvalue weighted by atomic mass is 10.0. The molecule has 28 heavy (non-hydrogen) atoms. The molecule has 1 heterocycles. The van der Waals surface area contributed by atoms with E-state index in [0.717, 1.165) is 24.5 Å². The molecule has 0 saturated heterocycles. The molecule has 1 aromatic heterocycles. The zero-order valence-electron chi connectivity index (χ0n) is 14.8. The van der Waals surface area contributed by atoms with Crippen LogP contribution < -0.4 is 5.43 Å². The zero-order chi connectivity index (χ0) is 19.8. The third-order valence-corrected chi connectivity index (χ3v) is 4.84. The Hall–Kier alpha value is -3.06. The minimum absolute atomic E-state index is 0.0239. The molecule has 4 rings (SSSR count). The molecule has 0 bridgehead atoms. The van der Waals surface area contributed by atoms with Gasteiger partial charge in [-0.3, -0.25) is 4.79 Å². The van der Waals surface area contributed by atoms with E-state index in [-0.39, 0.29) is 35.7 Å². The minimum Gasteiger partial charge on any atom is -0.477 e. The van der Waals surface area contributed by atoms with E-state index in [9.17, 15) is 23.5 Å². The number of hydrogen-bond acceptors (Lipinski definition) is 3. The normalized spacial score (nSPS) is 13.8. The van der Waals surface area contributed by atoms with E-state index in [2.05, 4.69) is 0 Å². The lowest BCUT2D eigenvalue weighted by Gasteiger charge is -2.15. The largest absolute Gasteiger partial charge is 0.477 e. The van der Waals surface area contributed by atoms with E-state index in [4.69, 9.17) is 4.74 Å². The fourth-order valence-corrected chi connectivity index (χ4v) is 3.31. The van der Waals surface area contributed by atoms with Crippen LogP contribution in [0.2, 0.25) is 0 Å². The molecule has 0 amide bonds. The number of aromatic nitrogens is 1. The van der Waals surface area contributed by atoms with E-state index in [1.54, 1.807) is 4.57 Å². The first-order chi connectivity index (χ1) is 13.5. The molecule has 0 atom stereocenters. The number of aromatic carboxylic acids is 1. The van der Waals surface area contributed by atoms with Gasteiger partial charge in [-0.1, -0.05) is 30.3 Å². The molecule has 144 valence electrons. The van der Waals surface area contributed by atoms with Gasteiger partial charge in [-0.15, -0.1) is 0 Å². The van der Waals surface area contributed by atoms with Crippen LogP contribution in [0.5, 0.6) is 0 Å². The van der Waals surface area contributed by atoms with Crippen LogP contribution in [0.25, 0.3) is 10.9 Å². The number of pyridine rings is 1. The highest BCUT2D eigenvalue weighted by molar-refractivity contribution is 5.94. The second-order valence-corrected chi connectivity index (χ2v) is 6.84. The second-order valence-electron chi connectivity index (χ2n) is 6.84. The van der Waals surface area contributed by atoms with Crippen LogP contribution in [0.1, 0.15) is 40.4 Å². The van der Waals surface area contributed by atoms with Gasteiger partial charge >= 0.3 is 5.97 Å². The predicted molar refractivity (Wildman–Crippen MR) is 98.3 cm³/mol. The quantitative estimate of drug-likeness (QED) is 0.696. The molecular formula is C21H17F2NO4. The standard InChI is InChI=1S/C21H17F2NO4/c22-16-8-17-18(20(25)14(21(26)27)9-24(17)13-6-7-13)15(19(16)23)11-28-10-12-4-2-1-3-5-12/h1-5,8-9,13H,6-7,10-11H2,(H,26,27). The van der Waals surface area contributed by atoms with Crippen LogP contribution >= 0.6 is 0 Å². The van der Waals surface area contributed by atoms with Crippen molar-refractivity contribution in [2.24, 2.45) is 0 Å². The number of nitrogens with zero attached hydrogens (tertiary/aromatic N) is 1.